The first-order valence-electron chi connectivity index (χ1n) is 10.2. The number of hydrogen-bond donors (Lipinski definition) is 1. The van der Waals surface area contributed by atoms with Crippen molar-refractivity contribution >= 4 is 5.82 Å². The first-order chi connectivity index (χ1) is 13.9. The fraction of sp³-hybridized carbons (Fsp3) is 0.409. The van der Waals surface area contributed by atoms with Gasteiger partial charge in [0.15, 0.2) is 0 Å². The lowest BCUT2D eigenvalue weighted by atomic mass is 10.1. The number of anilines is 1. The molecule has 146 valence electrons. The van der Waals surface area contributed by atoms with Gasteiger partial charge in [0.25, 0.3) is 0 Å². The summed E-state index contributed by atoms with van der Waals surface area (Å²) in [5, 5.41) is 3.58. The van der Waals surface area contributed by atoms with Crippen molar-refractivity contribution in [3.63, 3.8) is 0 Å². The standard InChI is InChI=1S/C22H28N6/c1-2-4-14-27(15-5-3-1)21-19(9-6-11-24-21)17-23-18-20-10-7-16-28(20)22-25-12-8-13-26-22/h6-13,16,23H,1-5,14-15,17-18H2. The molecule has 28 heavy (non-hydrogen) atoms. The Kier molecular flexibility index (Phi) is 6.29. The molecule has 6 nitrogen and oxygen atoms in total. The van der Waals surface area contributed by atoms with Crippen molar-refractivity contribution in [2.75, 3.05) is 18.0 Å². The molecule has 0 unspecified atom stereocenters. The van der Waals surface area contributed by atoms with Crippen LogP contribution in [0.5, 0.6) is 0 Å². The van der Waals surface area contributed by atoms with Crippen LogP contribution in [0.15, 0.2) is 55.1 Å². The molecule has 1 aliphatic heterocycles. The summed E-state index contributed by atoms with van der Waals surface area (Å²) >= 11 is 0. The van der Waals surface area contributed by atoms with Gasteiger partial charge in [0.2, 0.25) is 5.95 Å². The van der Waals surface area contributed by atoms with Gasteiger partial charge >= 0.3 is 0 Å². The van der Waals surface area contributed by atoms with E-state index in [4.69, 9.17) is 4.98 Å². The van der Waals surface area contributed by atoms with Crippen LogP contribution in [0.25, 0.3) is 5.95 Å². The predicted molar refractivity (Wildman–Crippen MR) is 111 cm³/mol. The number of hydrogen-bond acceptors (Lipinski definition) is 5. The molecule has 4 rings (SSSR count). The first kappa shape index (κ1) is 18.6. The molecule has 3 aromatic rings. The number of rotatable bonds is 6. The van der Waals surface area contributed by atoms with Crippen LogP contribution >= 0.6 is 0 Å². The van der Waals surface area contributed by atoms with Crippen LogP contribution in [-0.2, 0) is 13.1 Å². The zero-order chi connectivity index (χ0) is 19.0. The normalized spacial score (nSPS) is 15.2. The van der Waals surface area contributed by atoms with Crippen molar-refractivity contribution in [1.29, 1.82) is 0 Å². The molecule has 0 amide bonds. The van der Waals surface area contributed by atoms with Crippen LogP contribution in [0.4, 0.5) is 5.82 Å². The average molecular weight is 377 g/mol. The predicted octanol–water partition coefficient (Wildman–Crippen LogP) is 3.72. The summed E-state index contributed by atoms with van der Waals surface area (Å²) in [5.41, 5.74) is 2.40. The number of pyridine rings is 1. The van der Waals surface area contributed by atoms with E-state index >= 15 is 0 Å². The largest absolute Gasteiger partial charge is 0.356 e. The van der Waals surface area contributed by atoms with Gasteiger partial charge in [-0.2, -0.15) is 0 Å². The molecule has 1 N–H and O–H groups in total. The highest BCUT2D eigenvalue weighted by Gasteiger charge is 2.14. The van der Waals surface area contributed by atoms with E-state index < -0.39 is 0 Å². The Morgan fingerprint density at radius 2 is 1.54 bits per heavy atom. The van der Waals surface area contributed by atoms with Crippen molar-refractivity contribution in [1.82, 2.24) is 24.8 Å². The Morgan fingerprint density at radius 1 is 0.786 bits per heavy atom. The number of nitrogens with one attached hydrogen (secondary N) is 1. The summed E-state index contributed by atoms with van der Waals surface area (Å²) in [6.45, 7) is 3.76. The maximum absolute atomic E-state index is 4.72. The fourth-order valence-corrected chi connectivity index (χ4v) is 3.81. The lowest BCUT2D eigenvalue weighted by Crippen LogP contribution is -2.29. The van der Waals surface area contributed by atoms with Crippen LogP contribution in [0.1, 0.15) is 43.4 Å². The van der Waals surface area contributed by atoms with Gasteiger partial charge in [-0.15, -0.1) is 0 Å². The molecule has 1 saturated heterocycles. The van der Waals surface area contributed by atoms with Crippen LogP contribution in [0, 0.1) is 0 Å². The van der Waals surface area contributed by atoms with Gasteiger partial charge in [-0.3, -0.25) is 4.57 Å². The molecule has 0 atom stereocenters. The summed E-state index contributed by atoms with van der Waals surface area (Å²) in [7, 11) is 0. The summed E-state index contributed by atoms with van der Waals surface area (Å²) in [6.07, 6.45) is 14.0. The van der Waals surface area contributed by atoms with E-state index in [1.165, 1.54) is 37.7 Å². The van der Waals surface area contributed by atoms with Crippen molar-refractivity contribution in [3.8, 4) is 5.95 Å². The fourth-order valence-electron chi connectivity index (χ4n) is 3.81. The summed E-state index contributed by atoms with van der Waals surface area (Å²) in [4.78, 5) is 15.9. The zero-order valence-electron chi connectivity index (χ0n) is 16.3. The van der Waals surface area contributed by atoms with E-state index in [1.807, 2.05) is 35.2 Å². The van der Waals surface area contributed by atoms with Crippen LogP contribution < -0.4 is 10.2 Å². The Balaban J connectivity index is 1.42. The molecular weight excluding hydrogens is 348 g/mol. The van der Waals surface area contributed by atoms with Gasteiger partial charge in [-0.25, -0.2) is 15.0 Å². The lowest BCUT2D eigenvalue weighted by molar-refractivity contribution is 0.551. The average Bonchev–Trinajstić information content (AvgIpc) is 3.18. The third-order valence-electron chi connectivity index (χ3n) is 5.25. The van der Waals surface area contributed by atoms with Crippen LogP contribution in [-0.4, -0.2) is 32.6 Å². The van der Waals surface area contributed by atoms with Gasteiger partial charge < -0.3 is 10.2 Å². The minimum Gasteiger partial charge on any atom is -0.356 e. The van der Waals surface area contributed by atoms with E-state index in [0.29, 0.717) is 5.95 Å². The quantitative estimate of drug-likeness (QED) is 0.710. The third-order valence-corrected chi connectivity index (χ3v) is 5.25. The lowest BCUT2D eigenvalue weighted by Gasteiger charge is -2.27. The van der Waals surface area contributed by atoms with Gasteiger partial charge in [0.1, 0.15) is 5.82 Å². The molecule has 1 aliphatic rings. The Hall–Kier alpha value is -2.73. The molecule has 0 radical (unpaired) electrons. The Bertz CT molecular complexity index is 852. The van der Waals surface area contributed by atoms with Gasteiger partial charge in [0.05, 0.1) is 0 Å². The van der Waals surface area contributed by atoms with Crippen molar-refractivity contribution in [2.45, 2.75) is 45.2 Å². The van der Waals surface area contributed by atoms with E-state index in [-0.39, 0.29) is 0 Å². The maximum Gasteiger partial charge on any atom is 0.233 e. The van der Waals surface area contributed by atoms with Crippen molar-refractivity contribution in [2.24, 2.45) is 0 Å². The summed E-state index contributed by atoms with van der Waals surface area (Å²) in [6, 6.07) is 10.2. The summed E-state index contributed by atoms with van der Waals surface area (Å²) < 4.78 is 2.02. The SMILES string of the molecule is c1cnc(-n2cccc2CNCc2cccnc2N2CCCCCCC2)nc1. The molecule has 1 fully saturated rings. The van der Waals surface area contributed by atoms with E-state index in [2.05, 4.69) is 32.3 Å². The van der Waals surface area contributed by atoms with E-state index in [9.17, 15) is 0 Å². The molecule has 3 aromatic heterocycles. The monoisotopic (exact) mass is 376 g/mol. The molecule has 0 aliphatic carbocycles. The van der Waals surface area contributed by atoms with Crippen LogP contribution in [0.2, 0.25) is 0 Å². The Labute approximate surface area is 166 Å². The van der Waals surface area contributed by atoms with Gasteiger partial charge in [0, 0.05) is 62.2 Å². The number of nitrogens with zero attached hydrogens (tertiary/aromatic N) is 5. The second-order valence-corrected chi connectivity index (χ2v) is 7.26. The highest BCUT2D eigenvalue weighted by Crippen LogP contribution is 2.21. The Morgan fingerprint density at radius 3 is 2.36 bits per heavy atom. The second-order valence-electron chi connectivity index (χ2n) is 7.26. The molecule has 0 bridgehead atoms. The minimum absolute atomic E-state index is 0.701. The molecular formula is C22H28N6. The highest BCUT2D eigenvalue weighted by molar-refractivity contribution is 5.46. The molecule has 0 spiro atoms. The smallest absolute Gasteiger partial charge is 0.233 e. The van der Waals surface area contributed by atoms with Crippen LogP contribution in [0.3, 0.4) is 0 Å². The van der Waals surface area contributed by atoms with Crippen molar-refractivity contribution < 1.29 is 0 Å². The van der Waals surface area contributed by atoms with E-state index in [1.54, 1.807) is 12.4 Å². The first-order valence-corrected chi connectivity index (χ1v) is 10.2. The molecule has 0 aromatic carbocycles. The summed E-state index contributed by atoms with van der Waals surface area (Å²) in [5.74, 6) is 1.84. The topological polar surface area (TPSA) is 58.9 Å². The minimum atomic E-state index is 0.701. The number of aromatic nitrogens is 4. The van der Waals surface area contributed by atoms with Gasteiger partial charge in [-0.05, 0) is 37.1 Å². The van der Waals surface area contributed by atoms with Gasteiger partial charge in [-0.1, -0.05) is 25.3 Å². The molecule has 0 saturated carbocycles. The molecule has 6 heteroatoms. The van der Waals surface area contributed by atoms with E-state index in [0.717, 1.165) is 37.7 Å². The van der Waals surface area contributed by atoms with Crippen molar-refractivity contribution in [3.05, 3.63) is 66.4 Å². The zero-order valence-corrected chi connectivity index (χ0v) is 16.3. The maximum atomic E-state index is 4.72. The molecule has 4 heterocycles. The third kappa shape index (κ3) is 4.57. The second kappa shape index (κ2) is 9.46. The highest BCUT2D eigenvalue weighted by atomic mass is 15.2.